The molecule has 0 radical (unpaired) electrons. The first kappa shape index (κ1) is 18.5. The standard InChI is InChI=1S/C22H24O7/c1-27-14-5-4-12-11-13-3-2-9-21-18(12)19(14)29-20(21)15(8-10-22(13,21)26)28-17(25)7-6-16(23)24/h4-5,8,13,20,26H,2-3,6-7,9-11H2,1H3,(H,23,24)/t13-,20+,21+,22-/m0/s1. The van der Waals surface area contributed by atoms with Gasteiger partial charge in [-0.2, -0.15) is 0 Å². The van der Waals surface area contributed by atoms with Gasteiger partial charge in [-0.25, -0.2) is 0 Å². The van der Waals surface area contributed by atoms with Crippen molar-refractivity contribution in [1.29, 1.82) is 0 Å². The number of hydrogen-bond acceptors (Lipinski definition) is 6. The Kier molecular flexibility index (Phi) is 3.97. The Bertz CT molecular complexity index is 935. The minimum atomic E-state index is -1.05. The van der Waals surface area contributed by atoms with Gasteiger partial charge in [0.15, 0.2) is 17.6 Å². The maximum Gasteiger partial charge on any atom is 0.311 e. The first-order valence-electron chi connectivity index (χ1n) is 10.1. The number of rotatable bonds is 5. The van der Waals surface area contributed by atoms with Crippen LogP contribution in [0.3, 0.4) is 0 Å². The van der Waals surface area contributed by atoms with E-state index in [0.29, 0.717) is 23.7 Å². The van der Waals surface area contributed by atoms with E-state index in [0.717, 1.165) is 36.8 Å². The number of carbonyl (C=O) groups is 2. The molecule has 1 heterocycles. The number of methoxy groups -OCH3 is 1. The molecule has 1 aliphatic heterocycles. The number of aliphatic carboxylic acids is 1. The molecule has 4 atom stereocenters. The number of carboxylic acids is 1. The third kappa shape index (κ3) is 2.34. The van der Waals surface area contributed by atoms with E-state index < -0.39 is 29.1 Å². The lowest BCUT2D eigenvalue weighted by atomic mass is 9.47. The van der Waals surface area contributed by atoms with Crippen LogP contribution in [0.1, 0.15) is 49.7 Å². The molecule has 1 spiro atoms. The molecule has 154 valence electrons. The van der Waals surface area contributed by atoms with Crippen LogP contribution in [0.4, 0.5) is 0 Å². The second-order valence-electron chi connectivity index (χ2n) is 8.50. The molecule has 2 N–H and O–H groups in total. The zero-order valence-electron chi connectivity index (χ0n) is 16.3. The summed E-state index contributed by atoms with van der Waals surface area (Å²) in [6.45, 7) is 0. The summed E-state index contributed by atoms with van der Waals surface area (Å²) in [6, 6.07) is 3.95. The summed E-state index contributed by atoms with van der Waals surface area (Å²) in [5.41, 5.74) is 0.519. The van der Waals surface area contributed by atoms with Crippen LogP contribution >= 0.6 is 0 Å². The van der Waals surface area contributed by atoms with Gasteiger partial charge in [-0.15, -0.1) is 0 Å². The highest BCUT2D eigenvalue weighted by molar-refractivity contribution is 5.77. The Balaban J connectivity index is 1.59. The molecule has 1 saturated carbocycles. The number of esters is 1. The maximum atomic E-state index is 12.2. The highest BCUT2D eigenvalue weighted by Gasteiger charge is 2.70. The van der Waals surface area contributed by atoms with Crippen molar-refractivity contribution >= 4 is 11.9 Å². The zero-order valence-corrected chi connectivity index (χ0v) is 16.3. The first-order chi connectivity index (χ1) is 13.9. The van der Waals surface area contributed by atoms with E-state index in [2.05, 4.69) is 6.07 Å². The van der Waals surface area contributed by atoms with Crippen molar-refractivity contribution < 1.29 is 34.0 Å². The number of benzene rings is 1. The Morgan fingerprint density at radius 2 is 2.14 bits per heavy atom. The van der Waals surface area contributed by atoms with Crippen molar-refractivity contribution in [3.05, 3.63) is 35.1 Å². The average Bonchev–Trinajstić information content (AvgIpc) is 3.03. The van der Waals surface area contributed by atoms with Gasteiger partial charge >= 0.3 is 11.9 Å². The number of aliphatic hydroxyl groups is 1. The second-order valence-corrected chi connectivity index (χ2v) is 8.50. The molecule has 3 aliphatic carbocycles. The van der Waals surface area contributed by atoms with Crippen molar-refractivity contribution in [2.45, 2.75) is 62.1 Å². The van der Waals surface area contributed by atoms with Crippen molar-refractivity contribution in [3.63, 3.8) is 0 Å². The molecule has 1 aromatic rings. The summed E-state index contributed by atoms with van der Waals surface area (Å²) in [5.74, 6) is 0.0781. The van der Waals surface area contributed by atoms with Crippen LogP contribution in [-0.2, 0) is 26.2 Å². The minimum absolute atomic E-state index is 0.120. The van der Waals surface area contributed by atoms with Gasteiger partial charge in [0, 0.05) is 5.56 Å². The fraction of sp³-hybridized carbons (Fsp3) is 0.545. The number of hydrogen-bond donors (Lipinski definition) is 2. The van der Waals surface area contributed by atoms with E-state index >= 15 is 0 Å². The molecule has 7 nitrogen and oxygen atoms in total. The highest BCUT2D eigenvalue weighted by atomic mass is 16.6. The molecule has 0 unspecified atom stereocenters. The van der Waals surface area contributed by atoms with Crippen molar-refractivity contribution in [3.8, 4) is 11.5 Å². The summed E-state index contributed by atoms with van der Waals surface area (Å²) >= 11 is 0. The van der Waals surface area contributed by atoms with Gasteiger partial charge in [0.1, 0.15) is 5.76 Å². The molecule has 1 fully saturated rings. The zero-order chi connectivity index (χ0) is 20.4. The van der Waals surface area contributed by atoms with Crippen molar-refractivity contribution in [1.82, 2.24) is 0 Å². The predicted octanol–water partition coefficient (Wildman–Crippen LogP) is 2.48. The molecule has 5 rings (SSSR count). The molecule has 0 saturated heterocycles. The van der Waals surface area contributed by atoms with Crippen LogP contribution in [0.15, 0.2) is 24.0 Å². The Morgan fingerprint density at radius 1 is 1.31 bits per heavy atom. The van der Waals surface area contributed by atoms with E-state index in [1.807, 2.05) is 6.07 Å². The minimum Gasteiger partial charge on any atom is -0.493 e. The van der Waals surface area contributed by atoms with Gasteiger partial charge in [0.05, 0.1) is 31.0 Å². The maximum absolute atomic E-state index is 12.2. The Hall–Kier alpha value is -2.54. The van der Waals surface area contributed by atoms with Crippen molar-refractivity contribution in [2.24, 2.45) is 5.92 Å². The van der Waals surface area contributed by atoms with Crippen LogP contribution in [0.25, 0.3) is 0 Å². The lowest BCUT2D eigenvalue weighted by Gasteiger charge is -2.59. The molecule has 0 aromatic heterocycles. The molecule has 29 heavy (non-hydrogen) atoms. The molecule has 4 aliphatic rings. The fourth-order valence-corrected chi connectivity index (χ4v) is 6.07. The summed E-state index contributed by atoms with van der Waals surface area (Å²) in [4.78, 5) is 23.0. The van der Waals surface area contributed by atoms with E-state index in [1.54, 1.807) is 13.2 Å². The molecule has 2 bridgehead atoms. The number of carbonyl (C=O) groups excluding carboxylic acids is 1. The lowest BCUT2D eigenvalue weighted by molar-refractivity contribution is -0.160. The highest BCUT2D eigenvalue weighted by Crippen LogP contribution is 2.67. The SMILES string of the molecule is COc1ccc2c3c1O[C@@H]1C(OC(=O)CCC(=O)O)=CC[C@]4(O)[C@@H](CCC[C@@]314)C2. The van der Waals surface area contributed by atoms with E-state index in [9.17, 15) is 14.7 Å². The van der Waals surface area contributed by atoms with Crippen LogP contribution in [0.5, 0.6) is 11.5 Å². The van der Waals surface area contributed by atoms with Gasteiger partial charge in [0.2, 0.25) is 0 Å². The summed E-state index contributed by atoms with van der Waals surface area (Å²) in [7, 11) is 1.59. The Morgan fingerprint density at radius 3 is 2.90 bits per heavy atom. The van der Waals surface area contributed by atoms with Gasteiger partial charge in [-0.1, -0.05) is 12.5 Å². The topological polar surface area (TPSA) is 102 Å². The van der Waals surface area contributed by atoms with Gasteiger partial charge in [0.25, 0.3) is 0 Å². The second kappa shape index (κ2) is 6.23. The number of carboxylic acid groups (broad SMARTS) is 1. The summed E-state index contributed by atoms with van der Waals surface area (Å²) in [5, 5.41) is 20.7. The lowest BCUT2D eigenvalue weighted by Crippen LogP contribution is -2.67. The van der Waals surface area contributed by atoms with E-state index in [1.165, 1.54) is 0 Å². The molecule has 0 amide bonds. The number of ether oxygens (including phenoxy) is 3. The normalized spacial score (nSPS) is 33.2. The molecule has 1 aromatic carbocycles. The van der Waals surface area contributed by atoms with Crippen molar-refractivity contribution in [2.75, 3.05) is 7.11 Å². The molecule has 7 heteroatoms. The van der Waals surface area contributed by atoms with Gasteiger partial charge < -0.3 is 24.4 Å². The third-order valence-electron chi connectivity index (χ3n) is 7.24. The van der Waals surface area contributed by atoms with E-state index in [-0.39, 0.29) is 18.8 Å². The van der Waals surface area contributed by atoms with Gasteiger partial charge in [-0.3, -0.25) is 9.59 Å². The van der Waals surface area contributed by atoms with Crippen LogP contribution < -0.4 is 9.47 Å². The van der Waals surface area contributed by atoms with Crippen LogP contribution in [-0.4, -0.2) is 41.0 Å². The monoisotopic (exact) mass is 400 g/mol. The molecular formula is C22H24O7. The largest absolute Gasteiger partial charge is 0.493 e. The summed E-state index contributed by atoms with van der Waals surface area (Å²) in [6.07, 6.45) is 4.47. The van der Waals surface area contributed by atoms with E-state index in [4.69, 9.17) is 19.3 Å². The quantitative estimate of drug-likeness (QED) is 0.732. The third-order valence-corrected chi connectivity index (χ3v) is 7.24. The first-order valence-corrected chi connectivity index (χ1v) is 10.1. The molecular weight excluding hydrogens is 376 g/mol. The van der Waals surface area contributed by atoms with Crippen LogP contribution in [0, 0.1) is 5.92 Å². The van der Waals surface area contributed by atoms with Crippen LogP contribution in [0.2, 0.25) is 0 Å². The average molecular weight is 400 g/mol. The van der Waals surface area contributed by atoms with Gasteiger partial charge in [-0.05, 0) is 49.3 Å². The predicted molar refractivity (Wildman–Crippen MR) is 101 cm³/mol. The smallest absolute Gasteiger partial charge is 0.311 e. The summed E-state index contributed by atoms with van der Waals surface area (Å²) < 4.78 is 17.5. The fourth-order valence-electron chi connectivity index (χ4n) is 6.07. The Labute approximate surface area is 168 Å².